The van der Waals surface area contributed by atoms with Crippen molar-refractivity contribution in [1.82, 2.24) is 10.2 Å². The third-order valence-corrected chi connectivity index (χ3v) is 4.06. The summed E-state index contributed by atoms with van der Waals surface area (Å²) in [7, 11) is 1.66. The molecule has 0 bridgehead atoms. The van der Waals surface area contributed by atoms with Crippen molar-refractivity contribution in [2.75, 3.05) is 64.5 Å². The van der Waals surface area contributed by atoms with Crippen LogP contribution in [-0.4, -0.2) is 75.7 Å². The quantitative estimate of drug-likeness (QED) is 0.665. The number of carbonyl (C=O) groups is 1. The van der Waals surface area contributed by atoms with Gasteiger partial charge in [-0.05, 0) is 37.2 Å². The lowest BCUT2D eigenvalue weighted by Crippen LogP contribution is -2.47. The van der Waals surface area contributed by atoms with Gasteiger partial charge in [-0.15, -0.1) is 0 Å². The molecular weight excluding hydrogens is 310 g/mol. The molecule has 0 aliphatic carbocycles. The average molecular weight is 337 g/mol. The SMILES string of the molecule is COCCOc1ccc(N2CCN(CCCNC(=O)O)CC2)cc1. The molecule has 1 aromatic carbocycles. The number of nitrogens with one attached hydrogen (secondary N) is 1. The molecule has 1 heterocycles. The van der Waals surface area contributed by atoms with Crippen molar-refractivity contribution in [3.63, 3.8) is 0 Å². The first-order valence-electron chi connectivity index (χ1n) is 8.35. The predicted octanol–water partition coefficient (Wildman–Crippen LogP) is 1.49. The second kappa shape index (κ2) is 10.00. The highest BCUT2D eigenvalue weighted by atomic mass is 16.5. The first kappa shape index (κ1) is 18.4. The smallest absolute Gasteiger partial charge is 0.404 e. The second-order valence-corrected chi connectivity index (χ2v) is 5.75. The Morgan fingerprint density at radius 2 is 1.88 bits per heavy atom. The van der Waals surface area contributed by atoms with E-state index in [4.69, 9.17) is 14.6 Å². The van der Waals surface area contributed by atoms with E-state index in [0.29, 0.717) is 19.8 Å². The Hall–Kier alpha value is -1.99. The van der Waals surface area contributed by atoms with Gasteiger partial charge < -0.3 is 24.8 Å². The minimum atomic E-state index is -0.950. The van der Waals surface area contributed by atoms with Crippen molar-refractivity contribution in [2.45, 2.75) is 6.42 Å². The molecule has 1 amide bonds. The molecule has 0 atom stereocenters. The van der Waals surface area contributed by atoms with Crippen LogP contribution in [0.4, 0.5) is 10.5 Å². The number of ether oxygens (including phenoxy) is 2. The highest BCUT2D eigenvalue weighted by Crippen LogP contribution is 2.20. The van der Waals surface area contributed by atoms with Gasteiger partial charge in [0.2, 0.25) is 0 Å². The minimum Gasteiger partial charge on any atom is -0.491 e. The zero-order valence-electron chi connectivity index (χ0n) is 14.2. The molecule has 2 rings (SSSR count). The second-order valence-electron chi connectivity index (χ2n) is 5.75. The number of amides is 1. The predicted molar refractivity (Wildman–Crippen MR) is 93.1 cm³/mol. The fourth-order valence-corrected chi connectivity index (χ4v) is 2.72. The average Bonchev–Trinajstić information content (AvgIpc) is 2.60. The molecule has 0 aromatic heterocycles. The summed E-state index contributed by atoms with van der Waals surface area (Å²) in [5.41, 5.74) is 1.21. The summed E-state index contributed by atoms with van der Waals surface area (Å²) in [5.74, 6) is 0.861. The first-order valence-corrected chi connectivity index (χ1v) is 8.35. The molecular formula is C17H27N3O4. The van der Waals surface area contributed by atoms with E-state index in [1.807, 2.05) is 12.1 Å². The minimum absolute atomic E-state index is 0.514. The van der Waals surface area contributed by atoms with Gasteiger partial charge in [-0.2, -0.15) is 0 Å². The molecule has 1 aliphatic heterocycles. The fourth-order valence-electron chi connectivity index (χ4n) is 2.72. The van der Waals surface area contributed by atoms with E-state index >= 15 is 0 Å². The summed E-state index contributed by atoms with van der Waals surface area (Å²) in [6, 6.07) is 8.17. The molecule has 7 heteroatoms. The van der Waals surface area contributed by atoms with Gasteiger partial charge >= 0.3 is 6.09 Å². The molecule has 0 spiro atoms. The topological polar surface area (TPSA) is 74.3 Å². The molecule has 1 aromatic rings. The maximum atomic E-state index is 10.4. The number of piperazine rings is 1. The molecule has 1 aliphatic rings. The van der Waals surface area contributed by atoms with Crippen LogP contribution in [0.3, 0.4) is 0 Å². The highest BCUT2D eigenvalue weighted by molar-refractivity contribution is 5.64. The Labute approximate surface area is 143 Å². The molecule has 1 fully saturated rings. The van der Waals surface area contributed by atoms with Gasteiger partial charge in [-0.1, -0.05) is 0 Å². The molecule has 0 unspecified atom stereocenters. The van der Waals surface area contributed by atoms with E-state index in [1.54, 1.807) is 7.11 Å². The van der Waals surface area contributed by atoms with E-state index in [1.165, 1.54) is 5.69 Å². The van der Waals surface area contributed by atoms with Crippen molar-refractivity contribution in [1.29, 1.82) is 0 Å². The van der Waals surface area contributed by atoms with E-state index in [2.05, 4.69) is 27.2 Å². The Kier molecular flexibility index (Phi) is 7.64. The molecule has 2 N–H and O–H groups in total. The number of rotatable bonds is 9. The largest absolute Gasteiger partial charge is 0.491 e. The van der Waals surface area contributed by atoms with E-state index in [0.717, 1.165) is 44.9 Å². The van der Waals surface area contributed by atoms with E-state index in [9.17, 15) is 4.79 Å². The van der Waals surface area contributed by atoms with Crippen LogP contribution in [0, 0.1) is 0 Å². The van der Waals surface area contributed by atoms with Crippen molar-refractivity contribution in [3.8, 4) is 5.75 Å². The molecule has 134 valence electrons. The van der Waals surface area contributed by atoms with Crippen molar-refractivity contribution >= 4 is 11.8 Å². The lowest BCUT2D eigenvalue weighted by atomic mass is 10.2. The lowest BCUT2D eigenvalue weighted by Gasteiger charge is -2.36. The molecule has 1 saturated heterocycles. The van der Waals surface area contributed by atoms with Crippen LogP contribution in [0.5, 0.6) is 5.75 Å². The van der Waals surface area contributed by atoms with Gasteiger partial charge in [0.1, 0.15) is 12.4 Å². The van der Waals surface area contributed by atoms with Crippen LogP contribution in [0.2, 0.25) is 0 Å². The zero-order chi connectivity index (χ0) is 17.2. The third kappa shape index (κ3) is 6.25. The highest BCUT2D eigenvalue weighted by Gasteiger charge is 2.16. The first-order chi connectivity index (χ1) is 11.7. The number of hydrogen-bond donors (Lipinski definition) is 2. The van der Waals surface area contributed by atoms with Gasteiger partial charge in [0.25, 0.3) is 0 Å². The molecule has 0 saturated carbocycles. The summed E-state index contributed by atoms with van der Waals surface area (Å²) in [6.45, 7) is 6.56. The number of anilines is 1. The van der Waals surface area contributed by atoms with Crippen LogP contribution in [-0.2, 0) is 4.74 Å². The van der Waals surface area contributed by atoms with Gasteiger partial charge in [0.15, 0.2) is 0 Å². The van der Waals surface area contributed by atoms with Crippen molar-refractivity contribution in [3.05, 3.63) is 24.3 Å². The number of carboxylic acid groups (broad SMARTS) is 1. The maximum absolute atomic E-state index is 10.4. The Balaban J connectivity index is 1.69. The van der Waals surface area contributed by atoms with Crippen LogP contribution < -0.4 is 15.0 Å². The number of benzene rings is 1. The van der Waals surface area contributed by atoms with Gasteiger partial charge in [-0.3, -0.25) is 4.90 Å². The van der Waals surface area contributed by atoms with Crippen LogP contribution in [0.25, 0.3) is 0 Å². The number of methoxy groups -OCH3 is 1. The normalized spacial score (nSPS) is 15.3. The van der Waals surface area contributed by atoms with Crippen LogP contribution in [0.1, 0.15) is 6.42 Å². The van der Waals surface area contributed by atoms with Gasteiger partial charge in [-0.25, -0.2) is 4.79 Å². The number of hydrogen-bond acceptors (Lipinski definition) is 5. The summed E-state index contributed by atoms with van der Waals surface area (Å²) < 4.78 is 10.5. The Bertz CT molecular complexity index is 487. The van der Waals surface area contributed by atoms with Gasteiger partial charge in [0.05, 0.1) is 6.61 Å². The summed E-state index contributed by atoms with van der Waals surface area (Å²) in [6.07, 6.45) is -0.103. The standard InChI is InChI=1S/C17H27N3O4/c1-23-13-14-24-16-5-3-15(4-6-16)20-11-9-19(10-12-20)8-2-7-18-17(21)22/h3-6,18H,2,7-14H2,1H3,(H,21,22). The Morgan fingerprint density at radius 3 is 2.50 bits per heavy atom. The molecule has 24 heavy (non-hydrogen) atoms. The Morgan fingerprint density at radius 1 is 1.17 bits per heavy atom. The van der Waals surface area contributed by atoms with Crippen LogP contribution >= 0.6 is 0 Å². The van der Waals surface area contributed by atoms with Crippen molar-refractivity contribution in [2.24, 2.45) is 0 Å². The van der Waals surface area contributed by atoms with Gasteiger partial charge in [0, 0.05) is 45.5 Å². The van der Waals surface area contributed by atoms with Crippen molar-refractivity contribution < 1.29 is 19.4 Å². The number of nitrogens with zero attached hydrogens (tertiary/aromatic N) is 2. The molecule has 7 nitrogen and oxygen atoms in total. The zero-order valence-corrected chi connectivity index (χ0v) is 14.2. The summed E-state index contributed by atoms with van der Waals surface area (Å²) >= 11 is 0. The summed E-state index contributed by atoms with van der Waals surface area (Å²) in [5, 5.41) is 10.9. The third-order valence-electron chi connectivity index (χ3n) is 4.06. The van der Waals surface area contributed by atoms with Crippen LogP contribution in [0.15, 0.2) is 24.3 Å². The fraction of sp³-hybridized carbons (Fsp3) is 0.588. The lowest BCUT2D eigenvalue weighted by molar-refractivity contribution is 0.146. The van der Waals surface area contributed by atoms with E-state index < -0.39 is 6.09 Å². The van der Waals surface area contributed by atoms with E-state index in [-0.39, 0.29) is 0 Å². The summed E-state index contributed by atoms with van der Waals surface area (Å²) in [4.78, 5) is 15.1. The molecule has 0 radical (unpaired) electrons. The monoisotopic (exact) mass is 337 g/mol. The maximum Gasteiger partial charge on any atom is 0.404 e.